The Morgan fingerprint density at radius 2 is 1.69 bits per heavy atom. The average molecular weight is 855 g/mol. The number of aliphatic imine (C=N–C) groups is 1. The minimum atomic E-state index is -3.99. The monoisotopic (exact) mass is 854 g/mol. The number of anilines is 1. The van der Waals surface area contributed by atoms with Gasteiger partial charge in [-0.15, -0.1) is 21.5 Å². The van der Waals surface area contributed by atoms with E-state index in [1.165, 1.54) is 25.3 Å². The highest BCUT2D eigenvalue weighted by Gasteiger charge is 2.33. The summed E-state index contributed by atoms with van der Waals surface area (Å²) in [5, 5.41) is 22.5. The number of nitrogens with one attached hydrogen (secondary N) is 3. The van der Waals surface area contributed by atoms with Crippen LogP contribution in [0.3, 0.4) is 0 Å². The lowest BCUT2D eigenvalue weighted by Crippen LogP contribution is -2.24. The molecule has 1 atom stereocenters. The van der Waals surface area contributed by atoms with Crippen molar-refractivity contribution in [3.8, 4) is 22.2 Å². The number of nitriles is 1. The van der Waals surface area contributed by atoms with Gasteiger partial charge in [0.2, 0.25) is 0 Å². The van der Waals surface area contributed by atoms with Crippen molar-refractivity contribution in [3.05, 3.63) is 146 Å². The van der Waals surface area contributed by atoms with Gasteiger partial charge in [-0.25, -0.2) is 12.8 Å². The van der Waals surface area contributed by atoms with E-state index in [0.717, 1.165) is 32.1 Å². The van der Waals surface area contributed by atoms with Crippen LogP contribution in [0.5, 0.6) is 0 Å². The number of H-pyrrole nitrogens is 1. The first-order valence-corrected chi connectivity index (χ1v) is 21.5. The Morgan fingerprint density at radius 3 is 2.39 bits per heavy atom. The van der Waals surface area contributed by atoms with Gasteiger partial charge in [-0.05, 0) is 92.8 Å². The number of aromatic nitrogens is 4. The lowest BCUT2D eigenvalue weighted by molar-refractivity contribution is -0.141. The first-order valence-electron chi connectivity index (χ1n) is 19.2. The molecule has 4 aromatic carbocycles. The molecular weight excluding hydrogens is 816 g/mol. The molecule has 61 heavy (non-hydrogen) atoms. The fourth-order valence-electron chi connectivity index (χ4n) is 7.58. The Hall–Kier alpha value is -6.96. The van der Waals surface area contributed by atoms with E-state index in [0.29, 0.717) is 61.8 Å². The van der Waals surface area contributed by atoms with Crippen molar-refractivity contribution in [1.82, 2.24) is 25.1 Å². The second-order valence-electron chi connectivity index (χ2n) is 14.8. The maximum atomic E-state index is 15.9. The van der Waals surface area contributed by atoms with Crippen molar-refractivity contribution >= 4 is 55.5 Å². The Bertz CT molecular complexity index is 3100. The molecule has 0 fully saturated rings. The Kier molecular flexibility index (Phi) is 10.6. The van der Waals surface area contributed by atoms with Crippen LogP contribution >= 0.6 is 11.3 Å². The van der Waals surface area contributed by atoms with E-state index in [4.69, 9.17) is 9.73 Å². The number of sulfonamides is 1. The van der Waals surface area contributed by atoms with E-state index >= 15 is 4.39 Å². The highest BCUT2D eigenvalue weighted by Crippen LogP contribution is 2.40. The number of benzene rings is 4. The molecule has 0 saturated carbocycles. The minimum absolute atomic E-state index is 0.0108. The number of aryl methyl sites for hydroxylation is 4. The van der Waals surface area contributed by atoms with Gasteiger partial charge >= 0.3 is 5.97 Å². The molecule has 16 heteroatoms. The van der Waals surface area contributed by atoms with Crippen molar-refractivity contribution in [3.63, 3.8) is 0 Å². The molecule has 7 aromatic rings. The summed E-state index contributed by atoms with van der Waals surface area (Å²) in [5.41, 5.74) is 7.75. The topological polar surface area (TPSA) is 184 Å². The molecule has 0 spiro atoms. The zero-order valence-corrected chi connectivity index (χ0v) is 35.6. The molecule has 1 amide bonds. The fraction of sp³-hybridized carbons (Fsp3) is 0.200. The average Bonchev–Trinajstić information content (AvgIpc) is 3.92. The predicted octanol–water partition coefficient (Wildman–Crippen LogP) is 8.22. The van der Waals surface area contributed by atoms with Crippen molar-refractivity contribution in [2.75, 3.05) is 11.8 Å². The summed E-state index contributed by atoms with van der Waals surface area (Å²) in [6.07, 6.45) is 1.52. The molecule has 3 aromatic heterocycles. The number of hydrogen-bond donors (Lipinski definition) is 3. The van der Waals surface area contributed by atoms with Crippen LogP contribution in [0.1, 0.15) is 78.3 Å². The Labute approximate surface area is 355 Å². The number of fused-ring (bicyclic) bond motifs is 4. The molecule has 1 aliphatic rings. The van der Waals surface area contributed by atoms with Crippen molar-refractivity contribution in [2.24, 2.45) is 4.99 Å². The smallest absolute Gasteiger partial charge is 0.308 e. The van der Waals surface area contributed by atoms with Crippen molar-refractivity contribution in [1.29, 1.82) is 5.26 Å². The molecule has 0 radical (unpaired) electrons. The van der Waals surface area contributed by atoms with Crippen molar-refractivity contribution in [2.45, 2.75) is 58.5 Å². The summed E-state index contributed by atoms with van der Waals surface area (Å²) < 4.78 is 52.0. The Balaban J connectivity index is 0.983. The van der Waals surface area contributed by atoms with E-state index in [1.54, 1.807) is 66.9 Å². The van der Waals surface area contributed by atoms with Crippen LogP contribution in [0.2, 0.25) is 0 Å². The molecular formula is C45H39FN8O5S2. The van der Waals surface area contributed by atoms with Gasteiger partial charge in [0.05, 0.1) is 40.9 Å². The van der Waals surface area contributed by atoms with Crippen molar-refractivity contribution < 1.29 is 27.1 Å². The van der Waals surface area contributed by atoms with Crippen LogP contribution in [-0.4, -0.2) is 52.9 Å². The highest BCUT2D eigenvalue weighted by atomic mass is 32.2. The molecule has 0 bridgehead atoms. The lowest BCUT2D eigenvalue weighted by atomic mass is 9.95. The number of methoxy groups -OCH3 is 1. The van der Waals surface area contributed by atoms with Gasteiger partial charge < -0.3 is 15.0 Å². The zero-order chi connectivity index (χ0) is 43.3. The van der Waals surface area contributed by atoms with Crippen LogP contribution in [-0.2, 0) is 26.1 Å². The molecule has 0 saturated heterocycles. The van der Waals surface area contributed by atoms with Gasteiger partial charge in [0.15, 0.2) is 5.82 Å². The third-order valence-electron chi connectivity index (χ3n) is 11.0. The molecule has 0 aliphatic carbocycles. The summed E-state index contributed by atoms with van der Waals surface area (Å²) in [4.78, 5) is 35.0. The number of nitrogens with zero attached hydrogens (tertiary/aromatic N) is 5. The summed E-state index contributed by atoms with van der Waals surface area (Å²) in [6.45, 7) is 9.60. The molecule has 13 nitrogen and oxygen atoms in total. The van der Waals surface area contributed by atoms with Crippen LogP contribution in [0, 0.1) is 51.8 Å². The van der Waals surface area contributed by atoms with Crippen LogP contribution < -0.4 is 10.0 Å². The number of rotatable bonds is 10. The van der Waals surface area contributed by atoms with Crippen LogP contribution in [0.4, 0.5) is 10.1 Å². The lowest BCUT2D eigenvalue weighted by Gasteiger charge is -2.14. The zero-order valence-electron chi connectivity index (χ0n) is 34.0. The standard InChI is InChI=1S/C45H39FN8O5S2/c1-23-7-16-36(42-39(23)31(20-47)22-48-42)53-61(57,58)32-14-8-28(9-15-32)21-49-44(56)33-18-35(46)34(17-24(33)2)29-10-12-30(13-11-29)41-40-25(3)26(4)60-45(40)54-27(5)51-52-43(54)37(50-41)19-38(55)59-6/h7-18,22,37,48,53H,19,21H2,1-6H3,(H,49,56)/t37-/m0/s1. The molecule has 308 valence electrons. The van der Waals surface area contributed by atoms with E-state index in [2.05, 4.69) is 31.3 Å². The molecule has 4 heterocycles. The number of amides is 1. The van der Waals surface area contributed by atoms with E-state index < -0.39 is 33.8 Å². The first-order chi connectivity index (χ1) is 29.2. The number of esters is 1. The molecule has 1 aliphatic heterocycles. The quantitative estimate of drug-likeness (QED) is 0.115. The number of carbonyl (C=O) groups is 2. The minimum Gasteiger partial charge on any atom is -0.469 e. The maximum Gasteiger partial charge on any atom is 0.308 e. The third-order valence-corrected chi connectivity index (χ3v) is 13.5. The van der Waals surface area contributed by atoms with Gasteiger partial charge in [-0.1, -0.05) is 42.5 Å². The molecule has 8 rings (SSSR count). The molecule has 3 N–H and O–H groups in total. The van der Waals surface area contributed by atoms with E-state index in [9.17, 15) is 23.3 Å². The first kappa shape index (κ1) is 40.8. The second-order valence-corrected chi connectivity index (χ2v) is 17.7. The van der Waals surface area contributed by atoms with Gasteiger partial charge in [0, 0.05) is 45.3 Å². The highest BCUT2D eigenvalue weighted by molar-refractivity contribution is 7.92. The second kappa shape index (κ2) is 15.9. The van der Waals surface area contributed by atoms with Crippen LogP contribution in [0.25, 0.3) is 27.0 Å². The number of ether oxygens (including phenoxy) is 1. The van der Waals surface area contributed by atoms with Crippen LogP contribution in [0.15, 0.2) is 88.9 Å². The maximum absolute atomic E-state index is 15.9. The van der Waals surface area contributed by atoms with Gasteiger partial charge in [-0.2, -0.15) is 5.26 Å². The van der Waals surface area contributed by atoms with E-state index in [1.807, 2.05) is 44.4 Å². The van der Waals surface area contributed by atoms with Gasteiger partial charge in [-0.3, -0.25) is 23.9 Å². The summed E-state index contributed by atoms with van der Waals surface area (Å²) in [7, 11) is -2.66. The largest absolute Gasteiger partial charge is 0.469 e. The summed E-state index contributed by atoms with van der Waals surface area (Å²) >= 11 is 1.60. The normalized spacial score (nSPS) is 13.5. The number of aromatic amines is 1. The van der Waals surface area contributed by atoms with E-state index in [-0.39, 0.29) is 23.4 Å². The number of hydrogen-bond acceptors (Lipinski definition) is 10. The number of thiophene rings is 1. The predicted molar refractivity (Wildman–Crippen MR) is 231 cm³/mol. The third kappa shape index (κ3) is 7.47. The number of halogens is 1. The SMILES string of the molecule is COC(=O)C[C@@H]1N=C(c2ccc(-c3cc(C)c(C(=O)NCc4ccc(S(=O)(=O)Nc5ccc(C)c6c(C#N)c[nH]c56)cc4)cc3F)cc2)c2c(sc(C)c2C)-n2c(C)nnc21. The number of carbonyl (C=O) groups excluding carboxylic acids is 2. The molecule has 0 unspecified atom stereocenters. The van der Waals surface area contributed by atoms with Gasteiger partial charge in [0.1, 0.15) is 28.8 Å². The Morgan fingerprint density at radius 1 is 0.967 bits per heavy atom. The summed E-state index contributed by atoms with van der Waals surface area (Å²) in [6, 6.07) is 21.1. The summed E-state index contributed by atoms with van der Waals surface area (Å²) in [5.74, 6) is -0.273. The van der Waals surface area contributed by atoms with Gasteiger partial charge in [0.25, 0.3) is 15.9 Å². The fourth-order valence-corrected chi connectivity index (χ4v) is 9.87.